The number of para-hydroxylation sites is 1. The number of anilines is 2. The average molecular weight is 445 g/mol. The predicted molar refractivity (Wildman–Crippen MR) is 115 cm³/mol. The van der Waals surface area contributed by atoms with Crippen molar-refractivity contribution >= 4 is 44.2 Å². The van der Waals surface area contributed by atoms with Gasteiger partial charge >= 0.3 is 6.09 Å². The van der Waals surface area contributed by atoms with E-state index >= 15 is 0 Å². The highest BCUT2D eigenvalue weighted by Gasteiger charge is 2.28. The Morgan fingerprint density at radius 1 is 1.07 bits per heavy atom. The third-order valence-electron chi connectivity index (χ3n) is 3.75. The van der Waals surface area contributed by atoms with E-state index in [4.69, 9.17) is 4.74 Å². The molecule has 0 unspecified atom stereocenters. The van der Waals surface area contributed by atoms with Gasteiger partial charge in [0.2, 0.25) is 5.13 Å². The molecule has 0 aliphatic rings. The number of hydrogen-bond acceptors (Lipinski definition) is 4. The number of carbonyl (C=O) groups is 1. The highest BCUT2D eigenvalue weighted by molar-refractivity contribution is 9.10. The Labute approximate surface area is 171 Å². The third-order valence-corrected chi connectivity index (χ3v) is 5.66. The lowest BCUT2D eigenvalue weighted by atomic mass is 10.1. The van der Waals surface area contributed by atoms with Crippen molar-refractivity contribution in [3.05, 3.63) is 64.8 Å². The van der Waals surface area contributed by atoms with Crippen LogP contribution in [0.5, 0.6) is 0 Å². The van der Waals surface area contributed by atoms with Gasteiger partial charge in [-0.15, -0.1) is 0 Å². The van der Waals surface area contributed by atoms with Gasteiger partial charge in [-0.2, -0.15) is 0 Å². The van der Waals surface area contributed by atoms with Crippen LogP contribution < -0.4 is 4.90 Å². The molecule has 3 rings (SSSR count). The van der Waals surface area contributed by atoms with Crippen LogP contribution in [0.25, 0.3) is 10.4 Å². The molecule has 0 spiro atoms. The number of aromatic nitrogens is 1. The number of hydrogen-bond donors (Lipinski definition) is 0. The summed E-state index contributed by atoms with van der Waals surface area (Å²) in [6, 6.07) is 17.5. The Bertz CT molecular complexity index is 948. The predicted octanol–water partition coefficient (Wildman–Crippen LogP) is 6.95. The van der Waals surface area contributed by atoms with E-state index in [-0.39, 0.29) is 0 Å². The highest BCUT2D eigenvalue weighted by atomic mass is 79.9. The van der Waals surface area contributed by atoms with Crippen molar-refractivity contribution in [3.63, 3.8) is 0 Å². The quantitative estimate of drug-likeness (QED) is 0.438. The van der Waals surface area contributed by atoms with Crippen molar-refractivity contribution in [3.8, 4) is 10.4 Å². The van der Waals surface area contributed by atoms with Gasteiger partial charge in [0, 0.05) is 0 Å². The maximum atomic E-state index is 12.9. The van der Waals surface area contributed by atoms with E-state index < -0.39 is 11.7 Å². The Kier molecular flexibility index (Phi) is 5.67. The maximum Gasteiger partial charge on any atom is 0.421 e. The number of aryl methyl sites for hydroxylation is 1. The fraction of sp³-hybridized carbons (Fsp3) is 0.238. The zero-order chi connectivity index (χ0) is 19.6. The number of nitrogens with zero attached hydrogens (tertiary/aromatic N) is 2. The van der Waals surface area contributed by atoms with Crippen LogP contribution in [0.2, 0.25) is 0 Å². The number of carbonyl (C=O) groups excluding carboxylic acids is 1. The van der Waals surface area contributed by atoms with E-state index in [1.807, 2.05) is 63.2 Å². The first-order valence-corrected chi connectivity index (χ1v) is 10.2. The van der Waals surface area contributed by atoms with Crippen LogP contribution in [0, 0.1) is 6.92 Å². The summed E-state index contributed by atoms with van der Waals surface area (Å²) in [6.07, 6.45) is -0.453. The molecule has 0 aliphatic carbocycles. The van der Waals surface area contributed by atoms with Gasteiger partial charge in [-0.3, -0.25) is 0 Å². The molecule has 0 N–H and O–H groups in total. The van der Waals surface area contributed by atoms with Crippen LogP contribution in [0.1, 0.15) is 26.3 Å². The van der Waals surface area contributed by atoms with Gasteiger partial charge in [-0.05, 0) is 66.9 Å². The monoisotopic (exact) mass is 444 g/mol. The van der Waals surface area contributed by atoms with E-state index in [1.54, 1.807) is 0 Å². The molecule has 0 fully saturated rings. The Balaban J connectivity index is 2.07. The fourth-order valence-corrected chi connectivity index (χ4v) is 4.36. The number of amides is 1. The number of thiazole rings is 1. The van der Waals surface area contributed by atoms with Crippen molar-refractivity contribution < 1.29 is 9.53 Å². The smallest absolute Gasteiger partial charge is 0.421 e. The SMILES string of the molecule is Cc1ccccc1-c1sc(N(C(=O)OC(C)(C)C)c2ccccc2)nc1Br. The van der Waals surface area contributed by atoms with Crippen molar-refractivity contribution in [2.24, 2.45) is 0 Å². The summed E-state index contributed by atoms with van der Waals surface area (Å²) >= 11 is 5.01. The van der Waals surface area contributed by atoms with Gasteiger partial charge < -0.3 is 4.74 Å². The molecule has 3 aromatic rings. The van der Waals surface area contributed by atoms with Gasteiger partial charge in [-0.25, -0.2) is 14.7 Å². The maximum absolute atomic E-state index is 12.9. The van der Waals surface area contributed by atoms with Crippen LogP contribution >= 0.6 is 27.3 Å². The zero-order valence-electron chi connectivity index (χ0n) is 15.7. The van der Waals surface area contributed by atoms with Crippen LogP contribution in [-0.2, 0) is 4.74 Å². The molecular formula is C21H21BrN2O2S. The third kappa shape index (κ3) is 4.57. The number of rotatable bonds is 3. The second kappa shape index (κ2) is 7.82. The summed E-state index contributed by atoms with van der Waals surface area (Å²) in [7, 11) is 0. The van der Waals surface area contributed by atoms with Gasteiger partial charge in [0.1, 0.15) is 10.2 Å². The van der Waals surface area contributed by atoms with Crippen LogP contribution in [0.4, 0.5) is 15.6 Å². The number of ether oxygens (including phenoxy) is 1. The van der Waals surface area contributed by atoms with Crippen molar-refractivity contribution in [1.82, 2.24) is 4.98 Å². The summed E-state index contributed by atoms with van der Waals surface area (Å²) in [6.45, 7) is 7.61. The van der Waals surface area contributed by atoms with E-state index in [0.29, 0.717) is 15.4 Å². The highest BCUT2D eigenvalue weighted by Crippen LogP contribution is 2.41. The molecule has 0 saturated carbocycles. The standard InChI is InChI=1S/C21H21BrN2O2S/c1-14-10-8-9-13-16(14)17-18(22)23-19(27-17)24(15-11-6-5-7-12-15)20(25)26-21(2,3)4/h5-13H,1-4H3. The lowest BCUT2D eigenvalue weighted by Crippen LogP contribution is -2.33. The van der Waals surface area contributed by atoms with Crippen LogP contribution in [-0.4, -0.2) is 16.7 Å². The second-order valence-corrected chi connectivity index (χ2v) is 8.81. The molecule has 1 heterocycles. The second-order valence-electron chi connectivity index (χ2n) is 7.08. The van der Waals surface area contributed by atoms with Crippen LogP contribution in [0.3, 0.4) is 0 Å². The number of benzene rings is 2. The Morgan fingerprint density at radius 3 is 2.33 bits per heavy atom. The molecule has 27 heavy (non-hydrogen) atoms. The molecule has 1 amide bonds. The van der Waals surface area contributed by atoms with Gasteiger partial charge in [-0.1, -0.05) is 53.8 Å². The topological polar surface area (TPSA) is 42.4 Å². The molecule has 0 aliphatic heterocycles. The minimum atomic E-state index is -0.600. The normalized spacial score (nSPS) is 11.3. The molecule has 4 nitrogen and oxygen atoms in total. The Hall–Kier alpha value is -2.18. The van der Waals surface area contributed by atoms with Gasteiger partial charge in [0.05, 0.1) is 10.6 Å². The lowest BCUT2D eigenvalue weighted by Gasteiger charge is -2.25. The molecule has 0 radical (unpaired) electrons. The molecule has 0 saturated heterocycles. The van der Waals surface area contributed by atoms with E-state index in [9.17, 15) is 4.79 Å². The van der Waals surface area contributed by atoms with Crippen molar-refractivity contribution in [1.29, 1.82) is 0 Å². The first kappa shape index (κ1) is 19.6. The molecule has 2 aromatic carbocycles. The van der Waals surface area contributed by atoms with Gasteiger partial charge in [0.15, 0.2) is 0 Å². The summed E-state index contributed by atoms with van der Waals surface area (Å²) in [5, 5.41) is 0.556. The average Bonchev–Trinajstić information content (AvgIpc) is 2.96. The van der Waals surface area contributed by atoms with E-state index in [1.165, 1.54) is 16.2 Å². The minimum absolute atomic E-state index is 0.453. The molecule has 0 atom stereocenters. The summed E-state index contributed by atoms with van der Waals surface area (Å²) < 4.78 is 6.34. The van der Waals surface area contributed by atoms with E-state index in [0.717, 1.165) is 16.0 Å². The first-order chi connectivity index (χ1) is 12.8. The molecule has 0 bridgehead atoms. The van der Waals surface area contributed by atoms with Crippen molar-refractivity contribution in [2.75, 3.05) is 4.90 Å². The zero-order valence-corrected chi connectivity index (χ0v) is 18.1. The van der Waals surface area contributed by atoms with Gasteiger partial charge in [0.25, 0.3) is 0 Å². The minimum Gasteiger partial charge on any atom is -0.443 e. The molecule has 6 heteroatoms. The summed E-state index contributed by atoms with van der Waals surface area (Å²) in [4.78, 5) is 20.1. The summed E-state index contributed by atoms with van der Waals surface area (Å²) in [5.41, 5.74) is 2.35. The molecular weight excluding hydrogens is 424 g/mol. The summed E-state index contributed by atoms with van der Waals surface area (Å²) in [5.74, 6) is 0. The fourth-order valence-electron chi connectivity index (χ4n) is 2.56. The Morgan fingerprint density at radius 2 is 1.70 bits per heavy atom. The van der Waals surface area contributed by atoms with Crippen LogP contribution in [0.15, 0.2) is 59.2 Å². The lowest BCUT2D eigenvalue weighted by molar-refractivity contribution is 0.0599. The molecule has 1 aromatic heterocycles. The van der Waals surface area contributed by atoms with E-state index in [2.05, 4.69) is 40.0 Å². The van der Waals surface area contributed by atoms with Crippen molar-refractivity contribution in [2.45, 2.75) is 33.3 Å². The number of halogens is 1. The molecule has 140 valence electrons. The first-order valence-electron chi connectivity index (χ1n) is 8.57. The largest absolute Gasteiger partial charge is 0.443 e.